The zero-order valence-corrected chi connectivity index (χ0v) is 15.5. The molecule has 2 amide bonds. The summed E-state index contributed by atoms with van der Waals surface area (Å²) in [6, 6.07) is 13.3. The number of carbonyl (C=O) groups is 2. The smallest absolute Gasteiger partial charge is 0.248 e. The molecule has 0 aliphatic heterocycles. The number of nitrogens with one attached hydrogen (secondary N) is 1. The predicted octanol–water partition coefficient (Wildman–Crippen LogP) is 2.78. The summed E-state index contributed by atoms with van der Waals surface area (Å²) in [7, 11) is 1.84. The number of halogens is 1. The van der Waals surface area contributed by atoms with Crippen LogP contribution in [0.1, 0.15) is 17.3 Å². The SMILES string of the molecule is CC(C(=O)Nc1ccc(C(N)=O)cc1)N(C)CCOc1ccccc1Cl. The molecule has 2 aromatic carbocycles. The number of anilines is 1. The number of carbonyl (C=O) groups excluding carboxylic acids is 2. The van der Waals surface area contributed by atoms with Gasteiger partial charge >= 0.3 is 0 Å². The fourth-order valence-electron chi connectivity index (χ4n) is 2.22. The maximum atomic E-state index is 12.4. The van der Waals surface area contributed by atoms with Crippen molar-refractivity contribution in [3.05, 3.63) is 59.1 Å². The standard InChI is InChI=1S/C19H22ClN3O3/c1-13(19(25)22-15-9-7-14(8-10-15)18(21)24)23(2)11-12-26-17-6-4-3-5-16(17)20/h3-10,13H,11-12H2,1-2H3,(H2,21,24)(H,22,25). The van der Waals surface area contributed by atoms with Crippen LogP contribution in [0.3, 0.4) is 0 Å². The van der Waals surface area contributed by atoms with Gasteiger partial charge in [0.25, 0.3) is 0 Å². The van der Waals surface area contributed by atoms with Gasteiger partial charge in [-0.2, -0.15) is 0 Å². The van der Waals surface area contributed by atoms with Crippen molar-refractivity contribution in [2.24, 2.45) is 5.73 Å². The monoisotopic (exact) mass is 375 g/mol. The first-order valence-electron chi connectivity index (χ1n) is 8.17. The molecule has 0 spiro atoms. The summed E-state index contributed by atoms with van der Waals surface area (Å²) in [4.78, 5) is 25.3. The van der Waals surface area contributed by atoms with Gasteiger partial charge in [0, 0.05) is 17.8 Å². The van der Waals surface area contributed by atoms with Gasteiger partial charge in [0.1, 0.15) is 12.4 Å². The van der Waals surface area contributed by atoms with Gasteiger partial charge in [0.05, 0.1) is 11.1 Å². The van der Waals surface area contributed by atoms with Crippen LogP contribution < -0.4 is 15.8 Å². The van der Waals surface area contributed by atoms with E-state index < -0.39 is 5.91 Å². The van der Waals surface area contributed by atoms with Crippen LogP contribution in [0.25, 0.3) is 0 Å². The van der Waals surface area contributed by atoms with Crippen molar-refractivity contribution >= 4 is 29.1 Å². The van der Waals surface area contributed by atoms with Crippen molar-refractivity contribution in [3.63, 3.8) is 0 Å². The molecule has 0 aliphatic carbocycles. The van der Waals surface area contributed by atoms with Gasteiger partial charge in [-0.1, -0.05) is 23.7 Å². The number of nitrogens with two attached hydrogens (primary N) is 1. The Bertz CT molecular complexity index is 765. The van der Waals surface area contributed by atoms with Gasteiger partial charge in [-0.25, -0.2) is 0 Å². The molecule has 0 saturated carbocycles. The Morgan fingerprint density at radius 3 is 2.46 bits per heavy atom. The van der Waals surface area contributed by atoms with E-state index >= 15 is 0 Å². The highest BCUT2D eigenvalue weighted by atomic mass is 35.5. The number of nitrogens with zero attached hydrogens (tertiary/aromatic N) is 1. The molecule has 0 heterocycles. The fraction of sp³-hybridized carbons (Fsp3) is 0.263. The number of rotatable bonds is 8. The van der Waals surface area contributed by atoms with E-state index in [2.05, 4.69) is 5.32 Å². The van der Waals surface area contributed by atoms with Crippen LogP contribution in [0, 0.1) is 0 Å². The van der Waals surface area contributed by atoms with Crippen molar-refractivity contribution < 1.29 is 14.3 Å². The second kappa shape index (κ2) is 9.22. The number of benzene rings is 2. The molecule has 3 N–H and O–H groups in total. The van der Waals surface area contributed by atoms with E-state index in [1.807, 2.05) is 31.0 Å². The minimum Gasteiger partial charge on any atom is -0.491 e. The summed E-state index contributed by atoms with van der Waals surface area (Å²) in [5, 5.41) is 3.37. The van der Waals surface area contributed by atoms with Gasteiger partial charge in [-0.3, -0.25) is 14.5 Å². The third kappa shape index (κ3) is 5.47. The lowest BCUT2D eigenvalue weighted by Crippen LogP contribution is -2.41. The number of amides is 2. The highest BCUT2D eigenvalue weighted by molar-refractivity contribution is 6.32. The Labute approximate surface area is 157 Å². The Morgan fingerprint density at radius 2 is 1.85 bits per heavy atom. The molecular formula is C19H22ClN3O3. The van der Waals surface area contributed by atoms with Gasteiger partial charge < -0.3 is 15.8 Å². The zero-order chi connectivity index (χ0) is 19.1. The first-order chi connectivity index (χ1) is 12.4. The van der Waals surface area contributed by atoms with Crippen LogP contribution in [-0.4, -0.2) is 43.0 Å². The molecule has 0 saturated heterocycles. The fourth-order valence-corrected chi connectivity index (χ4v) is 2.41. The van der Waals surface area contributed by atoms with E-state index in [4.69, 9.17) is 22.1 Å². The van der Waals surface area contributed by atoms with Crippen molar-refractivity contribution in [3.8, 4) is 5.75 Å². The molecule has 2 aromatic rings. The third-order valence-corrected chi connectivity index (χ3v) is 4.33. The Morgan fingerprint density at radius 1 is 1.19 bits per heavy atom. The van der Waals surface area contributed by atoms with E-state index in [1.165, 1.54) is 0 Å². The molecule has 1 unspecified atom stereocenters. The van der Waals surface area contributed by atoms with E-state index in [0.717, 1.165) is 0 Å². The van der Waals surface area contributed by atoms with Gasteiger partial charge in [0.15, 0.2) is 0 Å². The van der Waals surface area contributed by atoms with Crippen molar-refractivity contribution in [1.82, 2.24) is 4.90 Å². The average Bonchev–Trinajstić information content (AvgIpc) is 2.63. The molecular weight excluding hydrogens is 354 g/mol. The average molecular weight is 376 g/mol. The molecule has 2 rings (SSSR count). The summed E-state index contributed by atoms with van der Waals surface area (Å²) >= 11 is 6.04. The van der Waals surface area contributed by atoms with Crippen LogP contribution in [0.5, 0.6) is 5.75 Å². The zero-order valence-electron chi connectivity index (χ0n) is 14.7. The Balaban J connectivity index is 1.82. The van der Waals surface area contributed by atoms with Crippen molar-refractivity contribution in [1.29, 1.82) is 0 Å². The van der Waals surface area contributed by atoms with Crippen molar-refractivity contribution in [2.45, 2.75) is 13.0 Å². The molecule has 1 atom stereocenters. The number of hydrogen-bond donors (Lipinski definition) is 2. The topological polar surface area (TPSA) is 84.7 Å². The number of likely N-dealkylation sites (N-methyl/N-ethyl adjacent to an activating group) is 1. The Hall–Kier alpha value is -2.57. The minimum atomic E-state index is -0.505. The molecule has 7 heteroatoms. The van der Waals surface area contributed by atoms with Gasteiger partial charge in [-0.15, -0.1) is 0 Å². The first-order valence-corrected chi connectivity index (χ1v) is 8.54. The highest BCUT2D eigenvalue weighted by Gasteiger charge is 2.18. The number of para-hydroxylation sites is 1. The Kier molecular flexibility index (Phi) is 7.00. The van der Waals surface area contributed by atoms with E-state index in [0.29, 0.717) is 35.2 Å². The van der Waals surface area contributed by atoms with Crippen LogP contribution in [0.2, 0.25) is 5.02 Å². The van der Waals surface area contributed by atoms with E-state index in [-0.39, 0.29) is 11.9 Å². The normalized spacial score (nSPS) is 11.8. The van der Waals surface area contributed by atoms with Crippen molar-refractivity contribution in [2.75, 3.05) is 25.5 Å². The summed E-state index contributed by atoms with van der Waals surface area (Å²) < 4.78 is 5.64. The lowest BCUT2D eigenvalue weighted by molar-refractivity contribution is -0.120. The second-order valence-corrected chi connectivity index (χ2v) is 6.27. The van der Waals surface area contributed by atoms with Crippen LogP contribution >= 0.6 is 11.6 Å². The van der Waals surface area contributed by atoms with E-state index in [9.17, 15) is 9.59 Å². The lowest BCUT2D eigenvalue weighted by atomic mass is 10.2. The molecule has 0 aliphatic rings. The van der Waals surface area contributed by atoms with Gasteiger partial charge in [-0.05, 0) is 50.4 Å². The molecule has 0 fully saturated rings. The minimum absolute atomic E-state index is 0.155. The molecule has 0 bridgehead atoms. The summed E-state index contributed by atoms with van der Waals surface area (Å²) in [6.07, 6.45) is 0. The summed E-state index contributed by atoms with van der Waals surface area (Å²) in [6.45, 7) is 2.77. The lowest BCUT2D eigenvalue weighted by Gasteiger charge is -2.24. The van der Waals surface area contributed by atoms with Crippen LogP contribution in [-0.2, 0) is 4.79 Å². The largest absolute Gasteiger partial charge is 0.491 e. The van der Waals surface area contributed by atoms with E-state index in [1.54, 1.807) is 36.4 Å². The highest BCUT2D eigenvalue weighted by Crippen LogP contribution is 2.22. The third-order valence-electron chi connectivity index (χ3n) is 4.02. The molecule has 0 aromatic heterocycles. The van der Waals surface area contributed by atoms with Gasteiger partial charge in [0.2, 0.25) is 11.8 Å². The molecule has 6 nitrogen and oxygen atoms in total. The molecule has 26 heavy (non-hydrogen) atoms. The summed E-state index contributed by atoms with van der Waals surface area (Å²) in [5.41, 5.74) is 6.20. The molecule has 138 valence electrons. The van der Waals surface area contributed by atoms with Crippen LogP contribution in [0.15, 0.2) is 48.5 Å². The summed E-state index contributed by atoms with van der Waals surface area (Å²) in [5.74, 6) is -0.0409. The maximum absolute atomic E-state index is 12.4. The molecule has 0 radical (unpaired) electrons. The number of hydrogen-bond acceptors (Lipinski definition) is 4. The predicted molar refractivity (Wildman–Crippen MR) is 103 cm³/mol. The van der Waals surface area contributed by atoms with Crippen LogP contribution in [0.4, 0.5) is 5.69 Å². The number of ether oxygens (including phenoxy) is 1. The second-order valence-electron chi connectivity index (χ2n) is 5.87. The maximum Gasteiger partial charge on any atom is 0.248 e. The quantitative estimate of drug-likeness (QED) is 0.743. The first kappa shape index (κ1) is 19.8. The number of primary amides is 1.